The first-order valence-electron chi connectivity index (χ1n) is 2.35. The zero-order valence-corrected chi connectivity index (χ0v) is 4.42. The molecule has 0 unspecified atom stereocenters. The van der Waals surface area contributed by atoms with Crippen LogP contribution in [0.5, 0.6) is 0 Å². The number of carbonyl (C=O) groups excluding carboxylic acids is 1. The third-order valence-electron chi connectivity index (χ3n) is 0.810. The third-order valence-corrected chi connectivity index (χ3v) is 0.810. The zero-order chi connectivity index (χ0) is 5.70. The molecule has 2 heteroatoms. The molecule has 0 saturated heterocycles. The van der Waals surface area contributed by atoms with E-state index in [0.29, 0.717) is 6.42 Å². The molecule has 0 aliphatic carbocycles. The molecule has 0 aromatic carbocycles. The summed E-state index contributed by atoms with van der Waals surface area (Å²) in [5.74, 6) is 0.137. The molecule has 0 fully saturated rings. The minimum Gasteiger partial charge on any atom is -0.396 e. The average Bonchev–Trinajstić information content (AvgIpc) is 1.68. The van der Waals surface area contributed by atoms with Crippen molar-refractivity contribution in [3.63, 3.8) is 0 Å². The van der Waals surface area contributed by atoms with Crippen molar-refractivity contribution in [2.75, 3.05) is 6.61 Å². The van der Waals surface area contributed by atoms with E-state index < -0.39 is 0 Å². The standard InChI is InChI=1S/C5H10O2/c1-5(4-7)2-3-6/h3,5,7H,2,4H2,1H3/t5-/m0/s1. The molecule has 0 radical (unpaired) electrons. The highest BCUT2D eigenvalue weighted by atomic mass is 16.3. The SMILES string of the molecule is C[C@H](CO)CC=O. The second kappa shape index (κ2) is 3.81. The van der Waals surface area contributed by atoms with E-state index in [0.717, 1.165) is 6.29 Å². The smallest absolute Gasteiger partial charge is 0.120 e. The number of aldehydes is 1. The molecule has 0 rings (SSSR count). The zero-order valence-electron chi connectivity index (χ0n) is 4.42. The van der Waals surface area contributed by atoms with Gasteiger partial charge in [0.25, 0.3) is 0 Å². The highest BCUT2D eigenvalue weighted by Crippen LogP contribution is 1.94. The predicted octanol–water partition coefficient (Wildman–Crippen LogP) is 0.204. The molecule has 0 aromatic rings. The van der Waals surface area contributed by atoms with Gasteiger partial charge in [0.1, 0.15) is 6.29 Å². The van der Waals surface area contributed by atoms with Crippen molar-refractivity contribution in [2.45, 2.75) is 13.3 Å². The highest BCUT2D eigenvalue weighted by molar-refractivity contribution is 5.49. The van der Waals surface area contributed by atoms with E-state index in [-0.39, 0.29) is 12.5 Å². The van der Waals surface area contributed by atoms with Gasteiger partial charge in [-0.3, -0.25) is 0 Å². The van der Waals surface area contributed by atoms with Gasteiger partial charge in [-0.2, -0.15) is 0 Å². The third kappa shape index (κ3) is 3.46. The van der Waals surface area contributed by atoms with Crippen molar-refractivity contribution in [2.24, 2.45) is 5.92 Å². The first kappa shape index (κ1) is 6.63. The molecule has 0 amide bonds. The second-order valence-electron chi connectivity index (χ2n) is 1.69. The van der Waals surface area contributed by atoms with Gasteiger partial charge in [0.2, 0.25) is 0 Å². The van der Waals surface area contributed by atoms with Gasteiger partial charge in [-0.1, -0.05) is 6.92 Å². The highest BCUT2D eigenvalue weighted by Gasteiger charge is 1.94. The predicted molar refractivity (Wildman–Crippen MR) is 26.9 cm³/mol. The van der Waals surface area contributed by atoms with Gasteiger partial charge in [0, 0.05) is 13.0 Å². The van der Waals surface area contributed by atoms with Crippen LogP contribution in [0.4, 0.5) is 0 Å². The van der Waals surface area contributed by atoms with E-state index in [9.17, 15) is 4.79 Å². The lowest BCUT2D eigenvalue weighted by molar-refractivity contribution is -0.108. The van der Waals surface area contributed by atoms with E-state index >= 15 is 0 Å². The Balaban J connectivity index is 2.98. The van der Waals surface area contributed by atoms with Crippen LogP contribution in [0.3, 0.4) is 0 Å². The Morgan fingerprint density at radius 2 is 2.43 bits per heavy atom. The van der Waals surface area contributed by atoms with E-state index in [2.05, 4.69) is 0 Å². The van der Waals surface area contributed by atoms with Crippen LogP contribution in [-0.2, 0) is 4.79 Å². The Bertz CT molecular complexity index is 52.0. The van der Waals surface area contributed by atoms with Crippen molar-refractivity contribution < 1.29 is 9.90 Å². The van der Waals surface area contributed by atoms with Crippen LogP contribution in [-0.4, -0.2) is 18.0 Å². The van der Waals surface area contributed by atoms with E-state index in [1.54, 1.807) is 0 Å². The lowest BCUT2D eigenvalue weighted by Gasteiger charge is -1.97. The van der Waals surface area contributed by atoms with E-state index in [4.69, 9.17) is 5.11 Å². The van der Waals surface area contributed by atoms with Crippen LogP contribution in [0, 0.1) is 5.92 Å². The summed E-state index contributed by atoms with van der Waals surface area (Å²) < 4.78 is 0. The molecule has 2 nitrogen and oxygen atoms in total. The van der Waals surface area contributed by atoms with Gasteiger partial charge in [-0.15, -0.1) is 0 Å². The normalized spacial score (nSPS) is 13.4. The molecule has 1 atom stereocenters. The van der Waals surface area contributed by atoms with Crippen molar-refractivity contribution >= 4 is 6.29 Å². The molecule has 42 valence electrons. The summed E-state index contributed by atoms with van der Waals surface area (Å²) >= 11 is 0. The maximum Gasteiger partial charge on any atom is 0.120 e. The number of rotatable bonds is 3. The Morgan fingerprint density at radius 3 is 2.57 bits per heavy atom. The quantitative estimate of drug-likeness (QED) is 0.517. The molecule has 0 heterocycles. The average molecular weight is 102 g/mol. The number of aliphatic hydroxyl groups is 1. The van der Waals surface area contributed by atoms with Gasteiger partial charge < -0.3 is 9.90 Å². The van der Waals surface area contributed by atoms with E-state index in [1.165, 1.54) is 0 Å². The van der Waals surface area contributed by atoms with Crippen LogP contribution in [0.1, 0.15) is 13.3 Å². The van der Waals surface area contributed by atoms with Crippen molar-refractivity contribution in [3.05, 3.63) is 0 Å². The molecule has 0 saturated carbocycles. The van der Waals surface area contributed by atoms with Gasteiger partial charge in [0.05, 0.1) is 0 Å². The molecule has 0 aromatic heterocycles. The molecule has 0 bridgehead atoms. The van der Waals surface area contributed by atoms with Gasteiger partial charge >= 0.3 is 0 Å². The van der Waals surface area contributed by atoms with Crippen LogP contribution >= 0.6 is 0 Å². The molecule has 0 aliphatic rings. The number of carbonyl (C=O) groups is 1. The summed E-state index contributed by atoms with van der Waals surface area (Å²) in [7, 11) is 0. The molecular weight excluding hydrogens is 92.1 g/mol. The topological polar surface area (TPSA) is 37.3 Å². The first-order valence-corrected chi connectivity index (χ1v) is 2.35. The number of hydrogen-bond donors (Lipinski definition) is 1. The fraction of sp³-hybridized carbons (Fsp3) is 0.800. The van der Waals surface area contributed by atoms with Crippen molar-refractivity contribution in [3.8, 4) is 0 Å². The Labute approximate surface area is 43.2 Å². The fourth-order valence-electron chi connectivity index (χ4n) is 0.239. The molecule has 0 spiro atoms. The summed E-state index contributed by atoms with van der Waals surface area (Å²) in [6, 6.07) is 0. The maximum atomic E-state index is 9.66. The lowest BCUT2D eigenvalue weighted by atomic mass is 10.1. The Kier molecular flexibility index (Phi) is 3.61. The molecule has 0 aliphatic heterocycles. The number of hydrogen-bond acceptors (Lipinski definition) is 2. The van der Waals surface area contributed by atoms with Crippen LogP contribution in [0.2, 0.25) is 0 Å². The molecule has 1 N–H and O–H groups in total. The lowest BCUT2D eigenvalue weighted by Crippen LogP contribution is -1.99. The molecule has 7 heavy (non-hydrogen) atoms. The summed E-state index contributed by atoms with van der Waals surface area (Å²) in [6.45, 7) is 1.94. The summed E-state index contributed by atoms with van der Waals surface area (Å²) in [5, 5.41) is 8.31. The number of aliphatic hydroxyl groups excluding tert-OH is 1. The van der Waals surface area contributed by atoms with Crippen molar-refractivity contribution in [1.82, 2.24) is 0 Å². The largest absolute Gasteiger partial charge is 0.396 e. The summed E-state index contributed by atoms with van der Waals surface area (Å²) in [4.78, 5) is 9.66. The van der Waals surface area contributed by atoms with Gasteiger partial charge in [-0.05, 0) is 5.92 Å². The monoisotopic (exact) mass is 102 g/mol. The second-order valence-corrected chi connectivity index (χ2v) is 1.69. The Hall–Kier alpha value is -0.370. The summed E-state index contributed by atoms with van der Waals surface area (Å²) in [5.41, 5.74) is 0. The van der Waals surface area contributed by atoms with E-state index in [1.807, 2.05) is 6.92 Å². The minimum atomic E-state index is 0.110. The first-order chi connectivity index (χ1) is 3.31. The summed E-state index contributed by atoms with van der Waals surface area (Å²) in [6.07, 6.45) is 1.29. The maximum absolute atomic E-state index is 9.66. The van der Waals surface area contributed by atoms with Crippen LogP contribution < -0.4 is 0 Å². The fourth-order valence-corrected chi connectivity index (χ4v) is 0.239. The van der Waals surface area contributed by atoms with Gasteiger partial charge in [0.15, 0.2) is 0 Å². The Morgan fingerprint density at radius 1 is 1.86 bits per heavy atom. The van der Waals surface area contributed by atoms with Crippen LogP contribution in [0.15, 0.2) is 0 Å². The van der Waals surface area contributed by atoms with Gasteiger partial charge in [-0.25, -0.2) is 0 Å². The van der Waals surface area contributed by atoms with Crippen LogP contribution in [0.25, 0.3) is 0 Å². The minimum absolute atomic E-state index is 0.110. The van der Waals surface area contributed by atoms with Crippen molar-refractivity contribution in [1.29, 1.82) is 0 Å². The molecular formula is C5H10O2.